The number of aromatic nitrogens is 3. The molecular weight excluding hydrogens is 482 g/mol. The van der Waals surface area contributed by atoms with E-state index in [1.807, 2.05) is 43.3 Å². The number of rotatable bonds is 7. The van der Waals surface area contributed by atoms with E-state index in [1.54, 1.807) is 0 Å². The van der Waals surface area contributed by atoms with Crippen LogP contribution in [0, 0.1) is 6.92 Å². The van der Waals surface area contributed by atoms with Crippen molar-refractivity contribution >= 4 is 45.6 Å². The minimum Gasteiger partial charge on any atom is -0.486 e. The number of aliphatic imine (C=N–C) groups is 1. The Morgan fingerprint density at radius 3 is 2.81 bits per heavy atom. The first-order valence-corrected chi connectivity index (χ1v) is 12.0. The van der Waals surface area contributed by atoms with E-state index in [4.69, 9.17) is 14.6 Å². The summed E-state index contributed by atoms with van der Waals surface area (Å²) < 4.78 is 15.8. The summed E-state index contributed by atoms with van der Waals surface area (Å²) in [5, 5.41) is 22.1. The van der Waals surface area contributed by atoms with Gasteiger partial charge in [0, 0.05) is 11.9 Å². The average molecular weight is 506 g/mol. The van der Waals surface area contributed by atoms with Crippen LogP contribution in [0.5, 0.6) is 11.5 Å². The van der Waals surface area contributed by atoms with Crippen molar-refractivity contribution in [2.45, 2.75) is 26.0 Å². The molecule has 2 unspecified atom stereocenters. The summed E-state index contributed by atoms with van der Waals surface area (Å²) in [5.74, 6) is 0.840. The van der Waals surface area contributed by atoms with Gasteiger partial charge in [0.25, 0.3) is 0 Å². The second-order valence-electron chi connectivity index (χ2n) is 8.24. The first kappa shape index (κ1) is 23.6. The number of nitrogens with zero attached hydrogens (tertiary/aromatic N) is 4. The molecule has 10 nitrogen and oxygen atoms in total. The third-order valence-corrected chi connectivity index (χ3v) is 6.46. The van der Waals surface area contributed by atoms with E-state index < -0.39 is 18.1 Å². The fraction of sp³-hybridized carbons (Fsp3) is 0.240. The summed E-state index contributed by atoms with van der Waals surface area (Å²) in [6, 6.07) is 10.6. The lowest BCUT2D eigenvalue weighted by molar-refractivity contribution is -0.140. The van der Waals surface area contributed by atoms with Crippen LogP contribution in [0.15, 0.2) is 47.6 Å². The summed E-state index contributed by atoms with van der Waals surface area (Å²) in [7, 11) is 0. The Labute approximate surface area is 210 Å². The smallest absolute Gasteiger partial charge is 0.331 e. The Balaban J connectivity index is 1.40. The molecule has 0 aliphatic carbocycles. The Morgan fingerprint density at radius 2 is 2.03 bits per heavy atom. The normalized spacial score (nSPS) is 14.6. The fourth-order valence-corrected chi connectivity index (χ4v) is 4.55. The molecule has 3 N–H and O–H groups in total. The molecular formula is C25H23N5O5S. The number of hydrogen-bond donors (Lipinski definition) is 3. The first-order chi connectivity index (χ1) is 17.4. The van der Waals surface area contributed by atoms with Crippen molar-refractivity contribution in [2.24, 2.45) is 4.99 Å². The molecule has 0 saturated heterocycles. The molecule has 3 heterocycles. The van der Waals surface area contributed by atoms with Gasteiger partial charge in [-0.25, -0.2) is 14.8 Å². The number of aliphatic hydroxyl groups excluding tert-OH is 1. The largest absolute Gasteiger partial charge is 0.486 e. The summed E-state index contributed by atoms with van der Waals surface area (Å²) in [6.45, 7) is 4.48. The molecule has 0 radical (unpaired) electrons. The monoisotopic (exact) mass is 505 g/mol. The van der Waals surface area contributed by atoms with Crippen LogP contribution >= 0.6 is 11.5 Å². The van der Waals surface area contributed by atoms with Crippen LogP contribution in [0.2, 0.25) is 0 Å². The number of carboxylic acids is 1. The zero-order valence-electron chi connectivity index (χ0n) is 19.5. The van der Waals surface area contributed by atoms with Gasteiger partial charge in [-0.3, -0.25) is 4.99 Å². The minimum absolute atomic E-state index is 0.376. The van der Waals surface area contributed by atoms with E-state index >= 15 is 0 Å². The molecule has 0 spiro atoms. The van der Waals surface area contributed by atoms with Gasteiger partial charge in [-0.1, -0.05) is 18.2 Å². The van der Waals surface area contributed by atoms with Crippen LogP contribution in [0.25, 0.3) is 21.5 Å². The molecule has 4 aromatic rings. The van der Waals surface area contributed by atoms with Crippen LogP contribution in [0.1, 0.15) is 18.2 Å². The SMILES string of the molecule is Cc1c(Nc2nsc3nc(C=NC(C(=O)O)C(C)O)cnc23)cccc1-c1ccc2c(c1)OCCO2. The lowest BCUT2D eigenvalue weighted by atomic mass is 9.98. The van der Waals surface area contributed by atoms with Crippen molar-refractivity contribution in [1.29, 1.82) is 0 Å². The molecule has 1 aliphatic heterocycles. The van der Waals surface area contributed by atoms with E-state index in [0.717, 1.165) is 33.9 Å². The molecule has 2 atom stereocenters. The molecule has 11 heteroatoms. The molecule has 0 bridgehead atoms. The second-order valence-corrected chi connectivity index (χ2v) is 9.00. The number of benzene rings is 2. The maximum Gasteiger partial charge on any atom is 0.331 e. The highest BCUT2D eigenvalue weighted by Crippen LogP contribution is 2.37. The van der Waals surface area contributed by atoms with Crippen LogP contribution in [0.4, 0.5) is 11.5 Å². The summed E-state index contributed by atoms with van der Waals surface area (Å²) in [6.07, 6.45) is 1.66. The van der Waals surface area contributed by atoms with Gasteiger partial charge in [-0.05, 0) is 60.3 Å². The highest BCUT2D eigenvalue weighted by molar-refractivity contribution is 7.13. The lowest BCUT2D eigenvalue weighted by Crippen LogP contribution is -2.30. The molecule has 0 fully saturated rings. The summed E-state index contributed by atoms with van der Waals surface area (Å²) in [4.78, 5) is 24.6. The number of carbonyl (C=O) groups is 1. The molecule has 2 aromatic carbocycles. The van der Waals surface area contributed by atoms with Gasteiger partial charge in [-0.15, -0.1) is 0 Å². The van der Waals surface area contributed by atoms with Gasteiger partial charge in [0.05, 0.1) is 12.3 Å². The number of aliphatic hydroxyl groups is 1. The van der Waals surface area contributed by atoms with Crippen molar-refractivity contribution in [3.05, 3.63) is 53.9 Å². The van der Waals surface area contributed by atoms with Crippen molar-refractivity contribution in [3.8, 4) is 22.6 Å². The topological polar surface area (TPSA) is 139 Å². The first-order valence-electron chi connectivity index (χ1n) is 11.2. The van der Waals surface area contributed by atoms with Crippen LogP contribution in [-0.4, -0.2) is 62.1 Å². The Hall–Kier alpha value is -4.09. The van der Waals surface area contributed by atoms with E-state index in [9.17, 15) is 9.90 Å². The van der Waals surface area contributed by atoms with Gasteiger partial charge >= 0.3 is 5.97 Å². The van der Waals surface area contributed by atoms with Crippen LogP contribution in [0.3, 0.4) is 0 Å². The number of nitrogens with one attached hydrogen (secondary N) is 1. The van der Waals surface area contributed by atoms with Gasteiger partial charge in [0.1, 0.15) is 24.4 Å². The summed E-state index contributed by atoms with van der Waals surface area (Å²) >= 11 is 1.17. The maximum absolute atomic E-state index is 11.2. The van der Waals surface area contributed by atoms with E-state index in [1.165, 1.54) is 30.9 Å². The van der Waals surface area contributed by atoms with E-state index in [2.05, 4.69) is 24.7 Å². The third-order valence-electron chi connectivity index (χ3n) is 5.72. The van der Waals surface area contributed by atoms with Crippen LogP contribution < -0.4 is 14.8 Å². The van der Waals surface area contributed by atoms with Gasteiger partial charge < -0.3 is 25.0 Å². The lowest BCUT2D eigenvalue weighted by Gasteiger charge is -2.19. The minimum atomic E-state index is -1.27. The number of carboxylic acid groups (broad SMARTS) is 1. The zero-order valence-corrected chi connectivity index (χ0v) is 20.3. The van der Waals surface area contributed by atoms with Gasteiger partial charge in [0.2, 0.25) is 0 Å². The molecule has 2 aromatic heterocycles. The summed E-state index contributed by atoms with van der Waals surface area (Å²) in [5.41, 5.74) is 4.94. The Kier molecular flexibility index (Phi) is 6.49. The standard InChI is InChI=1S/C25H23N5O5S/c1-13-17(15-6-7-19-20(10-15)35-9-8-34-19)4-3-5-18(13)29-23-22-24(36-30-23)28-16(12-27-22)11-26-21(14(2)31)25(32)33/h3-7,10-12,14,21,31H,8-9H2,1-2H3,(H,29,30)(H,32,33). The number of ether oxygens (including phenoxy) is 2. The van der Waals surface area contributed by atoms with E-state index in [0.29, 0.717) is 35.1 Å². The molecule has 36 heavy (non-hydrogen) atoms. The predicted molar refractivity (Wildman–Crippen MR) is 137 cm³/mol. The fourth-order valence-electron chi connectivity index (χ4n) is 3.86. The predicted octanol–water partition coefficient (Wildman–Crippen LogP) is 3.83. The van der Waals surface area contributed by atoms with Crippen LogP contribution in [-0.2, 0) is 4.79 Å². The third kappa shape index (κ3) is 4.70. The quantitative estimate of drug-likeness (QED) is 0.320. The molecule has 0 amide bonds. The second kappa shape index (κ2) is 9.88. The van der Waals surface area contributed by atoms with E-state index in [-0.39, 0.29) is 0 Å². The molecule has 184 valence electrons. The Morgan fingerprint density at radius 1 is 1.22 bits per heavy atom. The number of aliphatic carboxylic acids is 1. The van der Waals surface area contributed by atoms with Crippen molar-refractivity contribution in [1.82, 2.24) is 14.3 Å². The maximum atomic E-state index is 11.2. The zero-order chi connectivity index (χ0) is 25.2. The van der Waals surface area contributed by atoms with Crippen molar-refractivity contribution in [3.63, 3.8) is 0 Å². The molecule has 1 aliphatic rings. The number of hydrogen-bond acceptors (Lipinski definition) is 10. The van der Waals surface area contributed by atoms with Gasteiger partial charge in [-0.2, -0.15) is 4.37 Å². The highest BCUT2D eigenvalue weighted by atomic mass is 32.1. The average Bonchev–Trinajstić information content (AvgIpc) is 3.26. The van der Waals surface area contributed by atoms with Gasteiger partial charge in [0.15, 0.2) is 28.2 Å². The highest BCUT2D eigenvalue weighted by Gasteiger charge is 2.21. The molecule has 0 saturated carbocycles. The molecule has 5 rings (SSSR count). The van der Waals surface area contributed by atoms with Crippen molar-refractivity contribution in [2.75, 3.05) is 18.5 Å². The number of anilines is 2. The van der Waals surface area contributed by atoms with Crippen molar-refractivity contribution < 1.29 is 24.5 Å². The number of fused-ring (bicyclic) bond motifs is 2. The Bertz CT molecular complexity index is 1470.